The molecule has 0 aliphatic heterocycles. The molecule has 1 aromatic heterocycles. The Labute approximate surface area is 167 Å². The molecule has 2 aromatic carbocycles. The Hall–Kier alpha value is -2.67. The van der Waals surface area contributed by atoms with Gasteiger partial charge in [0.05, 0.1) is 10.4 Å². The molecule has 3 aromatic rings. The number of nitrogens with one attached hydrogen (secondary N) is 1. The van der Waals surface area contributed by atoms with Crippen molar-refractivity contribution in [2.24, 2.45) is 0 Å². The lowest BCUT2D eigenvalue weighted by Gasteiger charge is -2.24. The predicted octanol–water partition coefficient (Wildman–Crippen LogP) is 5.57. The van der Waals surface area contributed by atoms with Gasteiger partial charge in [-0.1, -0.05) is 55.3 Å². The third-order valence-corrected chi connectivity index (χ3v) is 5.94. The second-order valence-electron chi connectivity index (χ2n) is 7.07. The number of thioether (sulfide) groups is 1. The average molecular weight is 395 g/mol. The van der Waals surface area contributed by atoms with Gasteiger partial charge in [-0.05, 0) is 30.5 Å². The molecule has 1 heterocycles. The maximum atomic E-state index is 11.0. The summed E-state index contributed by atoms with van der Waals surface area (Å²) in [5, 5.41) is 16.3. The van der Waals surface area contributed by atoms with E-state index in [1.807, 2.05) is 24.3 Å². The van der Waals surface area contributed by atoms with Crippen LogP contribution < -0.4 is 5.32 Å². The molecule has 0 amide bonds. The molecule has 1 aliphatic carbocycles. The van der Waals surface area contributed by atoms with Crippen LogP contribution in [-0.4, -0.2) is 20.9 Å². The fourth-order valence-electron chi connectivity index (χ4n) is 3.58. The van der Waals surface area contributed by atoms with E-state index in [-0.39, 0.29) is 10.6 Å². The van der Waals surface area contributed by atoms with Crippen LogP contribution in [0.3, 0.4) is 0 Å². The van der Waals surface area contributed by atoms with Crippen LogP contribution in [0.2, 0.25) is 0 Å². The maximum Gasteiger partial charge on any atom is 0.269 e. The molecule has 0 radical (unpaired) electrons. The van der Waals surface area contributed by atoms with Crippen LogP contribution >= 0.6 is 11.8 Å². The fraction of sp³-hybridized carbons (Fsp3) is 0.333. The summed E-state index contributed by atoms with van der Waals surface area (Å²) in [4.78, 5) is 20.1. The molecule has 0 bridgehead atoms. The normalized spacial score (nSPS) is 14.9. The summed E-state index contributed by atoms with van der Waals surface area (Å²) < 4.78 is 0. The Morgan fingerprint density at radius 3 is 2.71 bits per heavy atom. The summed E-state index contributed by atoms with van der Waals surface area (Å²) in [5.74, 6) is 1.47. The Balaban J connectivity index is 1.56. The molecule has 0 saturated heterocycles. The molecule has 0 unspecified atom stereocenters. The smallest absolute Gasteiger partial charge is 0.269 e. The highest BCUT2D eigenvalue weighted by Gasteiger charge is 2.16. The van der Waals surface area contributed by atoms with Crippen molar-refractivity contribution in [2.45, 2.75) is 49.1 Å². The van der Waals surface area contributed by atoms with Crippen LogP contribution in [0.15, 0.2) is 53.7 Å². The molecular formula is C21H22N4O2S. The number of hydrogen-bond donors (Lipinski definition) is 1. The Kier molecular flexibility index (Phi) is 5.71. The van der Waals surface area contributed by atoms with Gasteiger partial charge >= 0.3 is 0 Å². The average Bonchev–Trinajstić information content (AvgIpc) is 2.73. The van der Waals surface area contributed by atoms with Crippen molar-refractivity contribution in [1.29, 1.82) is 0 Å². The van der Waals surface area contributed by atoms with Crippen molar-refractivity contribution in [3.63, 3.8) is 0 Å². The van der Waals surface area contributed by atoms with E-state index in [1.54, 1.807) is 12.1 Å². The minimum absolute atomic E-state index is 0.109. The van der Waals surface area contributed by atoms with E-state index in [0.717, 1.165) is 22.3 Å². The van der Waals surface area contributed by atoms with E-state index in [1.165, 1.54) is 49.9 Å². The Morgan fingerprint density at radius 1 is 1.07 bits per heavy atom. The first-order valence-electron chi connectivity index (χ1n) is 9.58. The fourth-order valence-corrected chi connectivity index (χ4v) is 4.37. The maximum absolute atomic E-state index is 11.0. The summed E-state index contributed by atoms with van der Waals surface area (Å²) in [5.41, 5.74) is 1.91. The molecule has 0 spiro atoms. The second-order valence-corrected chi connectivity index (χ2v) is 8.01. The van der Waals surface area contributed by atoms with E-state index in [9.17, 15) is 10.1 Å². The molecule has 28 heavy (non-hydrogen) atoms. The highest BCUT2D eigenvalue weighted by molar-refractivity contribution is 7.98. The van der Waals surface area contributed by atoms with E-state index in [0.29, 0.717) is 17.0 Å². The number of para-hydroxylation sites is 1. The predicted molar refractivity (Wildman–Crippen MR) is 113 cm³/mol. The van der Waals surface area contributed by atoms with E-state index in [2.05, 4.69) is 16.4 Å². The van der Waals surface area contributed by atoms with E-state index in [4.69, 9.17) is 4.98 Å². The first-order valence-corrected chi connectivity index (χ1v) is 10.6. The molecule has 0 atom stereocenters. The number of anilines is 1. The van der Waals surface area contributed by atoms with Crippen molar-refractivity contribution >= 4 is 34.2 Å². The number of hydrogen-bond acceptors (Lipinski definition) is 6. The van der Waals surface area contributed by atoms with Gasteiger partial charge in [-0.3, -0.25) is 10.1 Å². The lowest BCUT2D eigenvalue weighted by Crippen LogP contribution is -2.23. The first kappa shape index (κ1) is 18.7. The summed E-state index contributed by atoms with van der Waals surface area (Å²) in [6.07, 6.45) is 6.18. The van der Waals surface area contributed by atoms with Crippen molar-refractivity contribution in [3.8, 4) is 0 Å². The lowest BCUT2D eigenvalue weighted by molar-refractivity contribution is -0.384. The van der Waals surface area contributed by atoms with Crippen molar-refractivity contribution in [2.75, 3.05) is 5.32 Å². The van der Waals surface area contributed by atoms with Gasteiger partial charge in [-0.2, -0.15) is 0 Å². The molecule has 144 valence electrons. The zero-order valence-electron chi connectivity index (χ0n) is 15.5. The van der Waals surface area contributed by atoms with Crippen LogP contribution in [0, 0.1) is 10.1 Å². The standard InChI is InChI=1S/C21H22N4O2S/c26-25(27)17-10-6-7-15(13-17)14-28-21-23-19-12-5-4-11-18(19)20(24-21)22-16-8-2-1-3-9-16/h4-7,10-13,16H,1-3,8-9,14H2,(H,22,23,24). The molecular weight excluding hydrogens is 372 g/mol. The zero-order chi connectivity index (χ0) is 19.3. The first-order chi connectivity index (χ1) is 13.7. The summed E-state index contributed by atoms with van der Waals surface area (Å²) in [7, 11) is 0. The largest absolute Gasteiger partial charge is 0.367 e. The third kappa shape index (κ3) is 4.42. The Bertz CT molecular complexity index is 989. The molecule has 4 rings (SSSR count). The van der Waals surface area contributed by atoms with Gasteiger partial charge in [0.1, 0.15) is 5.82 Å². The highest BCUT2D eigenvalue weighted by Crippen LogP contribution is 2.29. The van der Waals surface area contributed by atoms with E-state index < -0.39 is 0 Å². The monoisotopic (exact) mass is 394 g/mol. The third-order valence-electron chi connectivity index (χ3n) is 5.02. The van der Waals surface area contributed by atoms with Crippen LogP contribution in [0.1, 0.15) is 37.7 Å². The van der Waals surface area contributed by atoms with Crippen molar-refractivity contribution < 1.29 is 4.92 Å². The number of nitro groups is 1. The molecule has 1 fully saturated rings. The SMILES string of the molecule is O=[N+]([O-])c1cccc(CSc2nc(NC3CCCCC3)c3ccccc3n2)c1. The molecule has 1 saturated carbocycles. The summed E-state index contributed by atoms with van der Waals surface area (Å²) in [6.45, 7) is 0. The minimum atomic E-state index is -0.368. The topological polar surface area (TPSA) is 81.0 Å². The van der Waals surface area contributed by atoms with Crippen molar-refractivity contribution in [1.82, 2.24) is 9.97 Å². The zero-order valence-corrected chi connectivity index (χ0v) is 16.3. The number of benzene rings is 2. The summed E-state index contributed by atoms with van der Waals surface area (Å²) in [6, 6.07) is 15.2. The molecule has 1 aliphatic rings. The molecule has 7 heteroatoms. The number of fused-ring (bicyclic) bond motifs is 1. The van der Waals surface area contributed by atoms with Gasteiger partial charge in [-0.25, -0.2) is 9.97 Å². The lowest BCUT2D eigenvalue weighted by atomic mass is 9.95. The number of nitro benzene ring substituents is 1. The van der Waals surface area contributed by atoms with Gasteiger partial charge in [0.2, 0.25) is 0 Å². The number of aromatic nitrogens is 2. The van der Waals surface area contributed by atoms with Gasteiger partial charge < -0.3 is 5.32 Å². The van der Waals surface area contributed by atoms with Gasteiger partial charge in [-0.15, -0.1) is 0 Å². The van der Waals surface area contributed by atoms with Crippen LogP contribution in [0.4, 0.5) is 11.5 Å². The minimum Gasteiger partial charge on any atom is -0.367 e. The number of rotatable bonds is 6. The van der Waals surface area contributed by atoms with Crippen LogP contribution in [-0.2, 0) is 5.75 Å². The molecule has 1 N–H and O–H groups in total. The van der Waals surface area contributed by atoms with Gasteiger partial charge in [0.15, 0.2) is 5.16 Å². The van der Waals surface area contributed by atoms with Crippen LogP contribution in [0.5, 0.6) is 0 Å². The van der Waals surface area contributed by atoms with Gasteiger partial charge in [0, 0.05) is 29.3 Å². The second kappa shape index (κ2) is 8.56. The summed E-state index contributed by atoms with van der Waals surface area (Å²) >= 11 is 1.50. The quantitative estimate of drug-likeness (QED) is 0.255. The number of non-ortho nitro benzene ring substituents is 1. The van der Waals surface area contributed by atoms with Crippen LogP contribution in [0.25, 0.3) is 10.9 Å². The Morgan fingerprint density at radius 2 is 1.89 bits per heavy atom. The van der Waals surface area contributed by atoms with Crippen molar-refractivity contribution in [3.05, 3.63) is 64.2 Å². The van der Waals surface area contributed by atoms with E-state index >= 15 is 0 Å². The number of nitrogens with zero attached hydrogens (tertiary/aromatic N) is 3. The molecule has 6 nitrogen and oxygen atoms in total. The van der Waals surface area contributed by atoms with Gasteiger partial charge in [0.25, 0.3) is 5.69 Å². The highest BCUT2D eigenvalue weighted by atomic mass is 32.2.